The third kappa shape index (κ3) is 3.96. The predicted molar refractivity (Wildman–Crippen MR) is 72.8 cm³/mol. The Bertz CT molecular complexity index is 419. The van der Waals surface area contributed by atoms with Crippen LogP contribution in [0.25, 0.3) is 0 Å². The van der Waals surface area contributed by atoms with Gasteiger partial charge in [0.05, 0.1) is 5.92 Å². The number of hydrogen-bond donors (Lipinski definition) is 1. The van der Waals surface area contributed by atoms with Gasteiger partial charge in [-0.2, -0.15) is 13.2 Å². The molecule has 0 heterocycles. The van der Waals surface area contributed by atoms with E-state index in [1.807, 2.05) is 24.3 Å². The maximum Gasteiger partial charge on any atom is 0.391 e. The van der Waals surface area contributed by atoms with Crippen LogP contribution in [0.1, 0.15) is 31.2 Å². The third-order valence-corrected chi connectivity index (χ3v) is 4.44. The minimum Gasteiger partial charge on any atom is -0.325 e. The topological polar surface area (TPSA) is 26.0 Å². The fraction of sp³-hybridized carbons (Fsp3) is 0.571. The van der Waals surface area contributed by atoms with E-state index in [-0.39, 0.29) is 12.8 Å². The third-order valence-electron chi connectivity index (χ3n) is 3.91. The Kier molecular flexibility index (Phi) is 4.26. The molecule has 1 aliphatic carbocycles. The highest BCUT2D eigenvalue weighted by Crippen LogP contribution is 2.41. The molecule has 106 valence electrons. The van der Waals surface area contributed by atoms with E-state index in [0.717, 1.165) is 10.0 Å². The molecule has 2 N–H and O–H groups in total. The summed E-state index contributed by atoms with van der Waals surface area (Å²) in [6.07, 6.45) is -2.25. The predicted octanol–water partition coefficient (Wildman–Crippen LogP) is 4.44. The van der Waals surface area contributed by atoms with Gasteiger partial charge < -0.3 is 5.73 Å². The van der Waals surface area contributed by atoms with Crippen molar-refractivity contribution >= 4 is 15.9 Å². The maximum absolute atomic E-state index is 12.6. The van der Waals surface area contributed by atoms with Crippen molar-refractivity contribution in [2.45, 2.75) is 43.8 Å². The average Bonchev–Trinajstić information content (AvgIpc) is 2.31. The van der Waals surface area contributed by atoms with Crippen LogP contribution >= 0.6 is 15.9 Å². The van der Waals surface area contributed by atoms with Crippen LogP contribution in [0, 0.1) is 5.92 Å². The molecule has 1 fully saturated rings. The lowest BCUT2D eigenvalue weighted by molar-refractivity contribution is -0.184. The zero-order chi connectivity index (χ0) is 14.1. The highest BCUT2D eigenvalue weighted by Gasteiger charge is 2.44. The largest absolute Gasteiger partial charge is 0.391 e. The molecular formula is C14H17BrF3N. The molecule has 1 aromatic carbocycles. The SMILES string of the molecule is NC1(Cc2ccc(Br)cc2)CCC(C(F)(F)F)CC1. The lowest BCUT2D eigenvalue weighted by Gasteiger charge is -2.38. The summed E-state index contributed by atoms with van der Waals surface area (Å²) < 4.78 is 38.8. The average molecular weight is 336 g/mol. The second-order valence-electron chi connectivity index (χ2n) is 5.48. The number of hydrogen-bond acceptors (Lipinski definition) is 1. The lowest BCUT2D eigenvalue weighted by atomic mass is 9.74. The van der Waals surface area contributed by atoms with E-state index < -0.39 is 17.6 Å². The summed E-state index contributed by atoms with van der Waals surface area (Å²) in [7, 11) is 0. The normalized spacial score (nSPS) is 28.4. The van der Waals surface area contributed by atoms with E-state index in [2.05, 4.69) is 15.9 Å². The van der Waals surface area contributed by atoms with Crippen molar-refractivity contribution in [2.75, 3.05) is 0 Å². The van der Waals surface area contributed by atoms with Crippen molar-refractivity contribution < 1.29 is 13.2 Å². The van der Waals surface area contributed by atoms with Crippen molar-refractivity contribution in [1.29, 1.82) is 0 Å². The van der Waals surface area contributed by atoms with E-state index in [0.29, 0.717) is 19.3 Å². The van der Waals surface area contributed by atoms with E-state index in [1.165, 1.54) is 0 Å². The summed E-state index contributed by atoms with van der Waals surface area (Å²) in [6.45, 7) is 0. The van der Waals surface area contributed by atoms with Crippen LogP contribution in [0.15, 0.2) is 28.7 Å². The first kappa shape index (κ1) is 14.9. The molecule has 0 bridgehead atoms. The first-order chi connectivity index (χ1) is 8.78. The highest BCUT2D eigenvalue weighted by atomic mass is 79.9. The molecule has 19 heavy (non-hydrogen) atoms. The Balaban J connectivity index is 1.96. The molecule has 0 atom stereocenters. The van der Waals surface area contributed by atoms with Crippen LogP contribution in [-0.2, 0) is 6.42 Å². The molecule has 1 saturated carbocycles. The summed E-state index contributed by atoms with van der Waals surface area (Å²) >= 11 is 3.36. The Hall–Kier alpha value is -0.550. The molecule has 5 heteroatoms. The number of nitrogens with two attached hydrogens (primary N) is 1. The van der Waals surface area contributed by atoms with Gasteiger partial charge in [0.1, 0.15) is 0 Å². The minimum absolute atomic E-state index is 0.149. The van der Waals surface area contributed by atoms with Gasteiger partial charge in [-0.25, -0.2) is 0 Å². The van der Waals surface area contributed by atoms with Gasteiger partial charge in [-0.05, 0) is 49.8 Å². The second kappa shape index (κ2) is 5.44. The standard InChI is InChI=1S/C14H17BrF3N/c15-12-3-1-10(2-4-12)9-13(19)7-5-11(6-8-13)14(16,17)18/h1-4,11H,5-9,19H2. The molecule has 0 spiro atoms. The van der Waals surface area contributed by atoms with E-state index in [4.69, 9.17) is 5.73 Å². The number of rotatable bonds is 2. The quantitative estimate of drug-likeness (QED) is 0.849. The molecular weight excluding hydrogens is 319 g/mol. The fourth-order valence-electron chi connectivity index (χ4n) is 2.71. The summed E-state index contributed by atoms with van der Waals surface area (Å²) in [4.78, 5) is 0. The van der Waals surface area contributed by atoms with E-state index in [1.54, 1.807) is 0 Å². The van der Waals surface area contributed by atoms with Crippen LogP contribution in [0.5, 0.6) is 0 Å². The van der Waals surface area contributed by atoms with Gasteiger partial charge in [0.2, 0.25) is 0 Å². The number of benzene rings is 1. The Morgan fingerprint density at radius 2 is 1.68 bits per heavy atom. The van der Waals surface area contributed by atoms with Crippen LogP contribution in [-0.4, -0.2) is 11.7 Å². The van der Waals surface area contributed by atoms with Gasteiger partial charge in [0.15, 0.2) is 0 Å². The summed E-state index contributed by atoms with van der Waals surface area (Å²) in [5, 5.41) is 0. The van der Waals surface area contributed by atoms with Crippen molar-refractivity contribution in [1.82, 2.24) is 0 Å². The molecule has 1 nitrogen and oxygen atoms in total. The van der Waals surface area contributed by atoms with Crippen molar-refractivity contribution in [2.24, 2.45) is 11.7 Å². The fourth-order valence-corrected chi connectivity index (χ4v) is 2.97. The monoisotopic (exact) mass is 335 g/mol. The van der Waals surface area contributed by atoms with Gasteiger partial charge in [-0.1, -0.05) is 28.1 Å². The Morgan fingerprint density at radius 1 is 1.16 bits per heavy atom. The summed E-state index contributed by atoms with van der Waals surface area (Å²) in [5.41, 5.74) is 6.84. The first-order valence-corrected chi connectivity index (χ1v) is 7.18. The molecule has 0 saturated heterocycles. The van der Waals surface area contributed by atoms with Crippen LogP contribution in [0.3, 0.4) is 0 Å². The highest BCUT2D eigenvalue weighted by molar-refractivity contribution is 9.10. The molecule has 1 aromatic rings. The van der Waals surface area contributed by atoms with Crippen LogP contribution < -0.4 is 5.73 Å². The van der Waals surface area contributed by atoms with E-state index >= 15 is 0 Å². The zero-order valence-corrected chi connectivity index (χ0v) is 12.1. The van der Waals surface area contributed by atoms with Gasteiger partial charge in [-0.3, -0.25) is 0 Å². The summed E-state index contributed by atoms with van der Waals surface area (Å²) in [5.74, 6) is -1.17. The number of halogens is 4. The van der Waals surface area contributed by atoms with Gasteiger partial charge in [0, 0.05) is 10.0 Å². The molecule has 0 aromatic heterocycles. The zero-order valence-electron chi connectivity index (χ0n) is 10.5. The first-order valence-electron chi connectivity index (χ1n) is 6.39. The lowest BCUT2D eigenvalue weighted by Crippen LogP contribution is -2.47. The van der Waals surface area contributed by atoms with Gasteiger partial charge >= 0.3 is 6.18 Å². The molecule has 0 unspecified atom stereocenters. The Morgan fingerprint density at radius 3 is 2.16 bits per heavy atom. The maximum atomic E-state index is 12.6. The van der Waals surface area contributed by atoms with Crippen LogP contribution in [0.2, 0.25) is 0 Å². The van der Waals surface area contributed by atoms with Gasteiger partial charge in [0.25, 0.3) is 0 Å². The van der Waals surface area contributed by atoms with Crippen LogP contribution in [0.4, 0.5) is 13.2 Å². The molecule has 0 radical (unpaired) electrons. The molecule has 0 amide bonds. The van der Waals surface area contributed by atoms with Crippen molar-refractivity contribution in [3.05, 3.63) is 34.3 Å². The molecule has 1 aliphatic rings. The second-order valence-corrected chi connectivity index (χ2v) is 6.40. The van der Waals surface area contributed by atoms with Crippen molar-refractivity contribution in [3.8, 4) is 0 Å². The molecule has 0 aliphatic heterocycles. The van der Waals surface area contributed by atoms with Gasteiger partial charge in [-0.15, -0.1) is 0 Å². The Labute approximate surface area is 119 Å². The minimum atomic E-state index is -4.07. The summed E-state index contributed by atoms with van der Waals surface area (Å²) in [6, 6.07) is 7.79. The molecule has 2 rings (SSSR count). The number of alkyl halides is 3. The van der Waals surface area contributed by atoms with Crippen molar-refractivity contribution in [3.63, 3.8) is 0 Å². The smallest absolute Gasteiger partial charge is 0.325 e. The van der Waals surface area contributed by atoms with E-state index in [9.17, 15) is 13.2 Å².